The fourth-order valence-electron chi connectivity index (χ4n) is 1.31. The summed E-state index contributed by atoms with van der Waals surface area (Å²) in [6.07, 6.45) is 0.278. The number of hydrogen-bond donors (Lipinski definition) is 1. The summed E-state index contributed by atoms with van der Waals surface area (Å²) in [5, 5.41) is 0. The van der Waals surface area contributed by atoms with Crippen LogP contribution in [0.1, 0.15) is 48.0 Å². The second-order valence-corrected chi connectivity index (χ2v) is 4.79. The number of carbonyl (C=O) groups excluding carboxylic acids is 2. The van der Waals surface area contributed by atoms with Crippen molar-refractivity contribution >= 4 is 11.9 Å². The Labute approximate surface area is 98.5 Å². The first-order valence-corrected chi connectivity index (χ1v) is 5.56. The van der Waals surface area contributed by atoms with Crippen LogP contribution in [0.3, 0.4) is 0 Å². The molecule has 0 spiro atoms. The summed E-state index contributed by atoms with van der Waals surface area (Å²) in [6.45, 7) is 12.0. The summed E-state index contributed by atoms with van der Waals surface area (Å²) >= 11 is 0. The van der Waals surface area contributed by atoms with Crippen molar-refractivity contribution in [1.82, 2.24) is 0 Å². The van der Waals surface area contributed by atoms with Gasteiger partial charge in [-0.05, 0) is 26.2 Å². The van der Waals surface area contributed by atoms with E-state index in [1.165, 1.54) is 0 Å². The molecule has 4 heteroatoms. The molecule has 1 amide bonds. The molecule has 4 nitrogen and oxygen atoms in total. The minimum atomic E-state index is -0.711. The van der Waals surface area contributed by atoms with Crippen LogP contribution < -0.4 is 5.73 Å². The number of amides is 1. The molecule has 0 aliphatic carbocycles. The number of primary amides is 1. The van der Waals surface area contributed by atoms with Gasteiger partial charge in [-0.2, -0.15) is 0 Å². The predicted octanol–water partition coefficient (Wildman–Crippen LogP) is 2.75. The van der Waals surface area contributed by atoms with Crippen molar-refractivity contribution in [2.45, 2.75) is 48.0 Å². The molecule has 2 N–H and O–H groups in total. The van der Waals surface area contributed by atoms with Crippen molar-refractivity contribution < 1.29 is 14.3 Å². The maximum absolute atomic E-state index is 11.0. The smallest absolute Gasteiger partial charge is 0.404 e. The number of carbonyl (C=O) groups is 2. The van der Waals surface area contributed by atoms with Gasteiger partial charge >= 0.3 is 6.09 Å². The minimum Gasteiger partial charge on any atom is -0.450 e. The normalized spacial score (nSPS) is 10.4. The van der Waals surface area contributed by atoms with Crippen LogP contribution in [0, 0.1) is 11.3 Å². The highest BCUT2D eigenvalue weighted by atomic mass is 16.5. The van der Waals surface area contributed by atoms with Gasteiger partial charge in [-0.1, -0.05) is 27.7 Å². The van der Waals surface area contributed by atoms with Crippen molar-refractivity contribution in [3.63, 3.8) is 0 Å². The van der Waals surface area contributed by atoms with Crippen molar-refractivity contribution in [1.29, 1.82) is 0 Å². The molecular formula is C12H25NO3. The Morgan fingerprint density at radius 3 is 1.81 bits per heavy atom. The van der Waals surface area contributed by atoms with Crippen LogP contribution in [0.4, 0.5) is 4.79 Å². The third-order valence-corrected chi connectivity index (χ3v) is 2.16. The second kappa shape index (κ2) is 8.13. The third-order valence-electron chi connectivity index (χ3n) is 2.16. The van der Waals surface area contributed by atoms with Gasteiger partial charge in [0.15, 0.2) is 0 Å². The maximum Gasteiger partial charge on any atom is 0.404 e. The Morgan fingerprint density at radius 1 is 1.31 bits per heavy atom. The van der Waals surface area contributed by atoms with E-state index < -0.39 is 6.09 Å². The number of ether oxygens (including phenoxy) is 1. The molecule has 0 radical (unpaired) electrons. The lowest BCUT2D eigenvalue weighted by Crippen LogP contribution is -2.23. The highest BCUT2D eigenvalue weighted by molar-refractivity contribution is 5.81. The zero-order valence-corrected chi connectivity index (χ0v) is 11.3. The van der Waals surface area contributed by atoms with E-state index in [1.807, 2.05) is 13.8 Å². The molecule has 0 rings (SSSR count). The quantitative estimate of drug-likeness (QED) is 0.808. The molecule has 0 aromatic rings. The fraction of sp³-hybridized carbons (Fsp3) is 0.833. The van der Waals surface area contributed by atoms with E-state index >= 15 is 0 Å². The predicted molar refractivity (Wildman–Crippen MR) is 65.1 cm³/mol. The summed E-state index contributed by atoms with van der Waals surface area (Å²) in [5.41, 5.74) is 4.42. The van der Waals surface area contributed by atoms with Gasteiger partial charge in [0.1, 0.15) is 5.78 Å². The summed E-state index contributed by atoms with van der Waals surface area (Å²) < 4.78 is 4.18. The maximum atomic E-state index is 11.0. The highest BCUT2D eigenvalue weighted by Crippen LogP contribution is 2.25. The van der Waals surface area contributed by atoms with Crippen LogP contribution in [0.15, 0.2) is 0 Å². The largest absolute Gasteiger partial charge is 0.450 e. The molecule has 0 aliphatic heterocycles. The van der Waals surface area contributed by atoms with Crippen LogP contribution in [0.2, 0.25) is 0 Å². The number of nitrogens with two attached hydrogens (primary N) is 1. The van der Waals surface area contributed by atoms with E-state index in [0.29, 0.717) is 18.3 Å². The molecule has 16 heavy (non-hydrogen) atoms. The van der Waals surface area contributed by atoms with E-state index in [-0.39, 0.29) is 5.41 Å². The monoisotopic (exact) mass is 231 g/mol. The van der Waals surface area contributed by atoms with E-state index in [9.17, 15) is 9.59 Å². The third kappa shape index (κ3) is 11.0. The van der Waals surface area contributed by atoms with Crippen LogP contribution in [-0.4, -0.2) is 18.5 Å². The van der Waals surface area contributed by atoms with Gasteiger partial charge < -0.3 is 10.5 Å². The number of rotatable bonds is 4. The summed E-state index contributed by atoms with van der Waals surface area (Å²) in [7, 11) is 0. The van der Waals surface area contributed by atoms with Gasteiger partial charge in [0.2, 0.25) is 0 Å². The lowest BCUT2D eigenvalue weighted by Gasteiger charge is -2.22. The fourth-order valence-corrected chi connectivity index (χ4v) is 1.31. The van der Waals surface area contributed by atoms with Crippen LogP contribution in [-0.2, 0) is 9.53 Å². The molecule has 0 saturated carbocycles. The number of hydrogen-bond acceptors (Lipinski definition) is 3. The minimum absolute atomic E-state index is 0.117. The van der Waals surface area contributed by atoms with Crippen LogP contribution in [0.5, 0.6) is 0 Å². The summed E-state index contributed by atoms with van der Waals surface area (Å²) in [5.74, 6) is 0.903. The van der Waals surface area contributed by atoms with E-state index in [1.54, 1.807) is 13.8 Å². The molecule has 0 heterocycles. The van der Waals surface area contributed by atoms with Gasteiger partial charge in [0, 0.05) is 5.41 Å². The van der Waals surface area contributed by atoms with Crippen molar-refractivity contribution in [3.8, 4) is 0 Å². The van der Waals surface area contributed by atoms with Gasteiger partial charge in [-0.3, -0.25) is 4.79 Å². The SMILES string of the molecule is CC(=O)C(C)(C)CC(C)C.CCOC(N)=O. The second-order valence-electron chi connectivity index (χ2n) is 4.79. The average molecular weight is 231 g/mol. The first kappa shape index (κ1) is 17.3. The Balaban J connectivity index is 0. The summed E-state index contributed by atoms with van der Waals surface area (Å²) in [4.78, 5) is 20.6. The molecule has 0 aliphatic rings. The first-order valence-electron chi connectivity index (χ1n) is 5.56. The Hall–Kier alpha value is -1.06. The van der Waals surface area contributed by atoms with Gasteiger partial charge in [0.25, 0.3) is 0 Å². The standard InChI is InChI=1S/C9H18O.C3H7NO2/c1-7(2)6-9(4,5)8(3)10;1-2-6-3(4)5/h7H,6H2,1-5H3;2H2,1H3,(H2,4,5). The molecule has 0 aromatic carbocycles. The highest BCUT2D eigenvalue weighted by Gasteiger charge is 2.24. The van der Waals surface area contributed by atoms with Gasteiger partial charge in [-0.25, -0.2) is 4.79 Å². The zero-order chi connectivity index (χ0) is 13.4. The molecule has 0 fully saturated rings. The molecular weight excluding hydrogens is 206 g/mol. The number of Topliss-reactive ketones (excluding diaryl/α,β-unsaturated/α-hetero) is 1. The van der Waals surface area contributed by atoms with Crippen molar-refractivity contribution in [3.05, 3.63) is 0 Å². The summed E-state index contributed by atoms with van der Waals surface area (Å²) in [6, 6.07) is 0. The van der Waals surface area contributed by atoms with E-state index in [2.05, 4.69) is 24.3 Å². The molecule has 0 atom stereocenters. The Bertz CT molecular complexity index is 222. The van der Waals surface area contributed by atoms with Gasteiger partial charge in [0.05, 0.1) is 6.61 Å². The van der Waals surface area contributed by atoms with Crippen molar-refractivity contribution in [2.75, 3.05) is 6.61 Å². The van der Waals surface area contributed by atoms with Crippen LogP contribution in [0.25, 0.3) is 0 Å². The van der Waals surface area contributed by atoms with Crippen LogP contribution >= 0.6 is 0 Å². The first-order chi connectivity index (χ1) is 7.13. The molecule has 96 valence electrons. The van der Waals surface area contributed by atoms with E-state index in [0.717, 1.165) is 6.42 Å². The number of ketones is 1. The lowest BCUT2D eigenvalue weighted by molar-refractivity contribution is -0.125. The topological polar surface area (TPSA) is 69.4 Å². The average Bonchev–Trinajstić information content (AvgIpc) is 2.01. The molecule has 0 unspecified atom stereocenters. The van der Waals surface area contributed by atoms with Crippen molar-refractivity contribution in [2.24, 2.45) is 17.1 Å². The lowest BCUT2D eigenvalue weighted by atomic mass is 9.81. The Morgan fingerprint density at radius 2 is 1.75 bits per heavy atom. The molecule has 0 saturated heterocycles. The zero-order valence-electron chi connectivity index (χ0n) is 11.3. The Kier molecular flexibility index (Phi) is 8.81. The van der Waals surface area contributed by atoms with E-state index in [4.69, 9.17) is 0 Å². The molecule has 0 aromatic heterocycles. The van der Waals surface area contributed by atoms with Gasteiger partial charge in [-0.15, -0.1) is 0 Å². The molecule has 0 bridgehead atoms.